The van der Waals surface area contributed by atoms with Gasteiger partial charge in [-0.25, -0.2) is 4.98 Å². The van der Waals surface area contributed by atoms with E-state index in [0.717, 1.165) is 23.7 Å². The lowest BCUT2D eigenvalue weighted by Crippen LogP contribution is -2.38. The third-order valence-electron chi connectivity index (χ3n) is 3.10. The Hall–Kier alpha value is -1.35. The molecule has 0 saturated carbocycles. The Kier molecular flexibility index (Phi) is 9.05. The van der Waals surface area contributed by atoms with Gasteiger partial charge in [0.1, 0.15) is 0 Å². The van der Waals surface area contributed by atoms with E-state index in [9.17, 15) is 13.2 Å². The second-order valence-electron chi connectivity index (χ2n) is 5.50. The van der Waals surface area contributed by atoms with E-state index < -0.39 is 12.7 Å². The monoisotopic (exact) mass is 365 g/mol. The summed E-state index contributed by atoms with van der Waals surface area (Å²) in [5, 5.41) is 9.43. The van der Waals surface area contributed by atoms with Gasteiger partial charge in [-0.05, 0) is 33.9 Å². The largest absolute Gasteiger partial charge is 0.401 e. The van der Waals surface area contributed by atoms with E-state index in [1.54, 1.807) is 11.3 Å². The number of hydrogen-bond donors (Lipinski definition) is 2. The first kappa shape index (κ1) is 20.7. The van der Waals surface area contributed by atoms with Crippen LogP contribution in [0.15, 0.2) is 10.4 Å². The molecule has 5 nitrogen and oxygen atoms in total. The molecule has 0 saturated heterocycles. The van der Waals surface area contributed by atoms with Crippen molar-refractivity contribution in [2.45, 2.75) is 32.9 Å². The van der Waals surface area contributed by atoms with Crippen molar-refractivity contribution in [2.24, 2.45) is 4.99 Å². The van der Waals surface area contributed by atoms with E-state index in [1.807, 2.05) is 19.2 Å². The first-order chi connectivity index (χ1) is 11.3. The molecule has 0 spiro atoms. The average molecular weight is 365 g/mol. The van der Waals surface area contributed by atoms with Crippen LogP contribution in [0.3, 0.4) is 0 Å². The number of nitrogens with zero attached hydrogens (tertiary/aromatic N) is 3. The van der Waals surface area contributed by atoms with Crippen molar-refractivity contribution in [1.29, 1.82) is 0 Å². The molecule has 1 rings (SSSR count). The highest BCUT2D eigenvalue weighted by atomic mass is 32.1. The fourth-order valence-electron chi connectivity index (χ4n) is 2.09. The van der Waals surface area contributed by atoms with E-state index in [-0.39, 0.29) is 0 Å². The third-order valence-corrected chi connectivity index (χ3v) is 3.92. The van der Waals surface area contributed by atoms with Gasteiger partial charge in [-0.1, -0.05) is 0 Å². The summed E-state index contributed by atoms with van der Waals surface area (Å²) in [6, 6.07) is 0. The van der Waals surface area contributed by atoms with Gasteiger partial charge in [-0.15, -0.1) is 11.3 Å². The molecule has 0 radical (unpaired) electrons. The number of nitrogens with one attached hydrogen (secondary N) is 2. The number of aliphatic imine (C=N–C) groups is 1. The lowest BCUT2D eigenvalue weighted by atomic mass is 10.3. The molecule has 1 heterocycles. The lowest BCUT2D eigenvalue weighted by Gasteiger charge is -2.18. The summed E-state index contributed by atoms with van der Waals surface area (Å²) >= 11 is 1.63. The molecule has 138 valence electrons. The molecule has 1 aromatic heterocycles. The molecule has 1 aromatic rings. The van der Waals surface area contributed by atoms with E-state index in [4.69, 9.17) is 0 Å². The van der Waals surface area contributed by atoms with Crippen LogP contribution in [0.25, 0.3) is 0 Å². The molecule has 0 aliphatic rings. The van der Waals surface area contributed by atoms with Crippen LogP contribution in [0.5, 0.6) is 0 Å². The maximum absolute atomic E-state index is 12.2. The number of aromatic nitrogens is 1. The Morgan fingerprint density at radius 2 is 2.12 bits per heavy atom. The summed E-state index contributed by atoms with van der Waals surface area (Å²) in [5.41, 5.74) is 1.05. The van der Waals surface area contributed by atoms with Crippen LogP contribution in [0.2, 0.25) is 0 Å². The van der Waals surface area contributed by atoms with Gasteiger partial charge in [0, 0.05) is 31.4 Å². The molecule has 0 aliphatic heterocycles. The molecule has 0 bridgehead atoms. The predicted molar refractivity (Wildman–Crippen MR) is 92.7 cm³/mol. The molecule has 0 unspecified atom stereocenters. The number of guanidine groups is 1. The van der Waals surface area contributed by atoms with Crippen molar-refractivity contribution in [1.82, 2.24) is 20.5 Å². The second-order valence-corrected chi connectivity index (χ2v) is 6.56. The molecule has 0 aliphatic carbocycles. The van der Waals surface area contributed by atoms with Crippen LogP contribution in [-0.4, -0.2) is 61.8 Å². The number of aryl methyl sites for hydroxylation is 1. The molecule has 0 amide bonds. The van der Waals surface area contributed by atoms with Gasteiger partial charge in [0.25, 0.3) is 0 Å². The minimum atomic E-state index is -4.15. The molecular weight excluding hydrogens is 339 g/mol. The minimum Gasteiger partial charge on any atom is -0.357 e. The zero-order chi connectivity index (χ0) is 18.0. The van der Waals surface area contributed by atoms with Crippen LogP contribution in [0.4, 0.5) is 13.2 Å². The number of alkyl halides is 3. The predicted octanol–water partition coefficient (Wildman–Crippen LogP) is 2.43. The fourth-order valence-corrected chi connectivity index (χ4v) is 2.74. The highest BCUT2D eigenvalue weighted by Gasteiger charge is 2.28. The minimum absolute atomic E-state index is 0.362. The Balaban J connectivity index is 2.28. The van der Waals surface area contributed by atoms with Crippen molar-refractivity contribution in [3.05, 3.63) is 16.1 Å². The zero-order valence-electron chi connectivity index (χ0n) is 14.4. The molecule has 0 fully saturated rings. The van der Waals surface area contributed by atoms with Crippen LogP contribution in [0.1, 0.15) is 24.0 Å². The van der Waals surface area contributed by atoms with Gasteiger partial charge in [0.2, 0.25) is 0 Å². The molecule has 2 N–H and O–H groups in total. The van der Waals surface area contributed by atoms with E-state index >= 15 is 0 Å². The molecular formula is C15H26F3N5S. The zero-order valence-corrected chi connectivity index (χ0v) is 15.2. The summed E-state index contributed by atoms with van der Waals surface area (Å²) in [6.45, 7) is 5.34. The van der Waals surface area contributed by atoms with Gasteiger partial charge < -0.3 is 10.6 Å². The van der Waals surface area contributed by atoms with Gasteiger partial charge >= 0.3 is 6.18 Å². The number of thiazole rings is 1. The fraction of sp³-hybridized carbons (Fsp3) is 0.733. The van der Waals surface area contributed by atoms with E-state index in [1.165, 1.54) is 11.9 Å². The second kappa shape index (κ2) is 10.5. The molecule has 0 atom stereocenters. The Labute approximate surface area is 145 Å². The van der Waals surface area contributed by atoms with Crippen LogP contribution < -0.4 is 10.6 Å². The Bertz CT molecular complexity index is 502. The van der Waals surface area contributed by atoms with Crippen LogP contribution in [0, 0.1) is 6.92 Å². The highest BCUT2D eigenvalue weighted by Crippen LogP contribution is 2.15. The maximum atomic E-state index is 12.2. The summed E-state index contributed by atoms with van der Waals surface area (Å²) in [4.78, 5) is 10.0. The number of halogens is 3. The summed E-state index contributed by atoms with van der Waals surface area (Å²) in [6.07, 6.45) is -2.76. The van der Waals surface area contributed by atoms with Gasteiger partial charge in [0.15, 0.2) is 5.96 Å². The first-order valence-electron chi connectivity index (χ1n) is 7.98. The van der Waals surface area contributed by atoms with Crippen LogP contribution >= 0.6 is 11.3 Å². The molecule has 24 heavy (non-hydrogen) atoms. The van der Waals surface area contributed by atoms with Crippen molar-refractivity contribution in [2.75, 3.05) is 39.8 Å². The van der Waals surface area contributed by atoms with Crippen molar-refractivity contribution in [3.63, 3.8) is 0 Å². The average Bonchev–Trinajstić information content (AvgIpc) is 2.87. The van der Waals surface area contributed by atoms with Crippen LogP contribution in [-0.2, 0) is 6.42 Å². The first-order valence-corrected chi connectivity index (χ1v) is 8.86. The summed E-state index contributed by atoms with van der Waals surface area (Å²) in [5.74, 6) is 0.683. The SMILES string of the molecule is CCNC(=NCCCN(C)CC(F)(F)F)NCCc1csc(C)n1. The topological polar surface area (TPSA) is 52.6 Å². The van der Waals surface area contributed by atoms with E-state index in [0.29, 0.717) is 32.0 Å². The Morgan fingerprint density at radius 3 is 2.71 bits per heavy atom. The van der Waals surface area contributed by atoms with E-state index in [2.05, 4.69) is 20.6 Å². The molecule has 0 aromatic carbocycles. The maximum Gasteiger partial charge on any atom is 0.401 e. The van der Waals surface area contributed by atoms with Crippen molar-refractivity contribution >= 4 is 17.3 Å². The smallest absolute Gasteiger partial charge is 0.357 e. The standard InChI is InChI=1S/C15H26F3N5S/c1-4-19-14(21-8-6-13-10-24-12(2)22-13)20-7-5-9-23(3)11-15(16,17)18/h10H,4-9,11H2,1-3H3,(H2,19,20,21). The summed E-state index contributed by atoms with van der Waals surface area (Å²) in [7, 11) is 1.47. The van der Waals surface area contributed by atoms with Gasteiger partial charge in [-0.3, -0.25) is 9.89 Å². The quantitative estimate of drug-likeness (QED) is 0.401. The normalized spacial score (nSPS) is 12.7. The third kappa shape index (κ3) is 9.71. The summed E-state index contributed by atoms with van der Waals surface area (Å²) < 4.78 is 36.7. The Morgan fingerprint density at radius 1 is 1.38 bits per heavy atom. The number of rotatable bonds is 9. The van der Waals surface area contributed by atoms with Crippen molar-refractivity contribution < 1.29 is 13.2 Å². The van der Waals surface area contributed by atoms with Gasteiger partial charge in [-0.2, -0.15) is 13.2 Å². The number of hydrogen-bond acceptors (Lipinski definition) is 4. The lowest BCUT2D eigenvalue weighted by molar-refractivity contribution is -0.143. The molecule has 9 heteroatoms. The highest BCUT2D eigenvalue weighted by molar-refractivity contribution is 7.09. The van der Waals surface area contributed by atoms with Crippen molar-refractivity contribution in [3.8, 4) is 0 Å². The van der Waals surface area contributed by atoms with Gasteiger partial charge in [0.05, 0.1) is 17.2 Å².